The van der Waals surface area contributed by atoms with Crippen LogP contribution in [-0.2, 0) is 20.9 Å². The van der Waals surface area contributed by atoms with E-state index in [4.69, 9.17) is 14.2 Å². The molecule has 1 amide bonds. The van der Waals surface area contributed by atoms with Gasteiger partial charge in [-0.05, 0) is 55.7 Å². The monoisotopic (exact) mass is 477 g/mol. The first-order valence-electron chi connectivity index (χ1n) is 11.9. The van der Waals surface area contributed by atoms with E-state index in [0.717, 1.165) is 35.4 Å². The van der Waals surface area contributed by atoms with Crippen molar-refractivity contribution in [1.29, 1.82) is 0 Å². The molecule has 1 aliphatic heterocycles. The number of rotatable bonds is 9. The van der Waals surface area contributed by atoms with Crippen LogP contribution in [0.2, 0.25) is 0 Å². The van der Waals surface area contributed by atoms with Gasteiger partial charge in [-0.3, -0.25) is 9.48 Å². The number of ether oxygens (including phenoxy) is 3. The highest BCUT2D eigenvalue weighted by molar-refractivity contribution is 5.88. The Morgan fingerprint density at radius 2 is 1.74 bits per heavy atom. The van der Waals surface area contributed by atoms with Crippen molar-refractivity contribution < 1.29 is 23.8 Å². The predicted molar refractivity (Wildman–Crippen MR) is 131 cm³/mol. The Morgan fingerprint density at radius 1 is 1.03 bits per heavy atom. The van der Waals surface area contributed by atoms with Crippen LogP contribution in [0, 0.1) is 0 Å². The molecule has 1 aliphatic rings. The molecule has 0 spiro atoms. The number of carbonyl (C=O) groups excluding carboxylic acids is 2. The number of likely N-dealkylation sites (tertiary alicyclic amines) is 1. The number of esters is 1. The number of nitrogens with zero attached hydrogens (tertiary/aromatic N) is 3. The maximum atomic E-state index is 12.7. The molecule has 2 heterocycles. The van der Waals surface area contributed by atoms with Gasteiger partial charge in [0.05, 0.1) is 32.1 Å². The van der Waals surface area contributed by atoms with Crippen LogP contribution in [0.3, 0.4) is 0 Å². The van der Waals surface area contributed by atoms with Gasteiger partial charge in [-0.1, -0.05) is 30.3 Å². The minimum Gasteiger partial charge on any atom is -0.497 e. The molecule has 8 nitrogen and oxygen atoms in total. The van der Waals surface area contributed by atoms with Crippen LogP contribution in [0.25, 0.3) is 11.3 Å². The lowest BCUT2D eigenvalue weighted by atomic mass is 10.0. The van der Waals surface area contributed by atoms with E-state index in [-0.39, 0.29) is 30.9 Å². The third kappa shape index (κ3) is 6.08. The number of aromatic nitrogens is 2. The van der Waals surface area contributed by atoms with Crippen LogP contribution >= 0.6 is 0 Å². The number of carbonyl (C=O) groups is 2. The van der Waals surface area contributed by atoms with E-state index < -0.39 is 5.97 Å². The third-order valence-corrected chi connectivity index (χ3v) is 6.11. The summed E-state index contributed by atoms with van der Waals surface area (Å²) in [4.78, 5) is 26.9. The molecule has 1 saturated heterocycles. The standard InChI is InChI=1S/C27H31N3O5/c1-3-35-27(32)24-17-25(21-9-11-23(33-2)12-10-21)30(28-24)22-13-15-29(16-14-22)26(31)19-34-18-20-7-5-4-6-8-20/h4-12,17,22H,3,13-16,18-19H2,1-2H3. The quantitative estimate of drug-likeness (QED) is 0.431. The van der Waals surface area contributed by atoms with Gasteiger partial charge in [0, 0.05) is 18.7 Å². The minimum absolute atomic E-state index is 0.0116. The Labute approximate surface area is 205 Å². The summed E-state index contributed by atoms with van der Waals surface area (Å²) in [5.74, 6) is 0.304. The molecular weight excluding hydrogens is 446 g/mol. The van der Waals surface area contributed by atoms with E-state index in [1.807, 2.05) is 64.2 Å². The maximum Gasteiger partial charge on any atom is 0.358 e. The van der Waals surface area contributed by atoms with Crippen molar-refractivity contribution in [2.24, 2.45) is 0 Å². The summed E-state index contributed by atoms with van der Waals surface area (Å²) in [5.41, 5.74) is 3.10. The molecule has 4 rings (SSSR count). The highest BCUT2D eigenvalue weighted by atomic mass is 16.5. The molecule has 0 N–H and O–H groups in total. The first-order valence-corrected chi connectivity index (χ1v) is 11.9. The van der Waals surface area contributed by atoms with E-state index in [0.29, 0.717) is 19.7 Å². The fourth-order valence-corrected chi connectivity index (χ4v) is 4.24. The predicted octanol–water partition coefficient (Wildman–Crippen LogP) is 4.12. The zero-order valence-corrected chi connectivity index (χ0v) is 20.2. The molecule has 0 bridgehead atoms. The Kier molecular flexibility index (Phi) is 8.15. The molecule has 3 aromatic rings. The van der Waals surface area contributed by atoms with Gasteiger partial charge in [0.15, 0.2) is 5.69 Å². The van der Waals surface area contributed by atoms with Gasteiger partial charge in [0.2, 0.25) is 5.91 Å². The molecule has 0 saturated carbocycles. The average molecular weight is 478 g/mol. The normalized spacial score (nSPS) is 14.1. The fraction of sp³-hybridized carbons (Fsp3) is 0.370. The molecule has 0 unspecified atom stereocenters. The van der Waals surface area contributed by atoms with E-state index in [1.54, 1.807) is 20.1 Å². The highest BCUT2D eigenvalue weighted by Crippen LogP contribution is 2.31. The summed E-state index contributed by atoms with van der Waals surface area (Å²) in [7, 11) is 1.62. The average Bonchev–Trinajstić information content (AvgIpc) is 3.35. The van der Waals surface area contributed by atoms with Crippen molar-refractivity contribution in [3.63, 3.8) is 0 Å². The Bertz CT molecular complexity index is 1120. The molecule has 8 heteroatoms. The third-order valence-electron chi connectivity index (χ3n) is 6.11. The first kappa shape index (κ1) is 24.5. The van der Waals surface area contributed by atoms with Crippen LogP contribution in [0.5, 0.6) is 5.75 Å². The van der Waals surface area contributed by atoms with E-state index >= 15 is 0 Å². The summed E-state index contributed by atoms with van der Waals surface area (Å²) >= 11 is 0. The molecule has 184 valence electrons. The van der Waals surface area contributed by atoms with Crippen LogP contribution in [0.15, 0.2) is 60.7 Å². The number of methoxy groups -OCH3 is 1. The topological polar surface area (TPSA) is 82.9 Å². The van der Waals surface area contributed by atoms with Crippen LogP contribution in [-0.4, -0.2) is 60.0 Å². The lowest BCUT2D eigenvalue weighted by Gasteiger charge is -2.32. The second-order valence-electron chi connectivity index (χ2n) is 8.40. The van der Waals surface area contributed by atoms with Gasteiger partial charge in [-0.25, -0.2) is 4.79 Å². The lowest BCUT2D eigenvalue weighted by Crippen LogP contribution is -2.41. The summed E-state index contributed by atoms with van der Waals surface area (Å²) in [6.07, 6.45) is 1.47. The summed E-state index contributed by atoms with van der Waals surface area (Å²) in [6, 6.07) is 19.3. The summed E-state index contributed by atoms with van der Waals surface area (Å²) < 4.78 is 18.0. The van der Waals surface area contributed by atoms with E-state index in [9.17, 15) is 9.59 Å². The Morgan fingerprint density at radius 3 is 2.40 bits per heavy atom. The number of hydrogen-bond acceptors (Lipinski definition) is 6. The maximum absolute atomic E-state index is 12.7. The highest BCUT2D eigenvalue weighted by Gasteiger charge is 2.27. The van der Waals surface area contributed by atoms with Gasteiger partial charge in [0.1, 0.15) is 12.4 Å². The SMILES string of the molecule is CCOC(=O)c1cc(-c2ccc(OC)cc2)n(C2CCN(C(=O)COCc3ccccc3)CC2)n1. The second kappa shape index (κ2) is 11.7. The minimum atomic E-state index is -0.441. The van der Waals surface area contributed by atoms with Gasteiger partial charge in [0.25, 0.3) is 0 Å². The van der Waals surface area contributed by atoms with Gasteiger partial charge >= 0.3 is 5.97 Å². The molecule has 0 radical (unpaired) electrons. The van der Waals surface area contributed by atoms with Crippen molar-refractivity contribution >= 4 is 11.9 Å². The largest absolute Gasteiger partial charge is 0.497 e. The Balaban J connectivity index is 1.42. The molecule has 1 aromatic heterocycles. The number of amides is 1. The summed E-state index contributed by atoms with van der Waals surface area (Å²) in [5, 5.41) is 4.61. The van der Waals surface area contributed by atoms with Crippen molar-refractivity contribution in [3.8, 4) is 17.0 Å². The molecular formula is C27H31N3O5. The number of hydrogen-bond donors (Lipinski definition) is 0. The first-order chi connectivity index (χ1) is 17.1. The van der Waals surface area contributed by atoms with Crippen molar-refractivity contribution in [2.75, 3.05) is 33.4 Å². The van der Waals surface area contributed by atoms with Crippen LogP contribution < -0.4 is 4.74 Å². The zero-order valence-electron chi connectivity index (χ0n) is 20.2. The molecule has 1 fully saturated rings. The molecule has 2 aromatic carbocycles. The van der Waals surface area contributed by atoms with Gasteiger partial charge < -0.3 is 19.1 Å². The van der Waals surface area contributed by atoms with Crippen molar-refractivity contribution in [2.45, 2.75) is 32.4 Å². The van der Waals surface area contributed by atoms with Crippen LogP contribution in [0.4, 0.5) is 0 Å². The molecule has 0 atom stereocenters. The molecule has 35 heavy (non-hydrogen) atoms. The van der Waals surface area contributed by atoms with Gasteiger partial charge in [-0.15, -0.1) is 0 Å². The van der Waals surface area contributed by atoms with Crippen molar-refractivity contribution in [1.82, 2.24) is 14.7 Å². The summed E-state index contributed by atoms with van der Waals surface area (Å²) in [6.45, 7) is 3.75. The fourth-order valence-electron chi connectivity index (χ4n) is 4.24. The molecule has 0 aliphatic carbocycles. The smallest absolute Gasteiger partial charge is 0.358 e. The number of benzene rings is 2. The van der Waals surface area contributed by atoms with Gasteiger partial charge in [-0.2, -0.15) is 5.10 Å². The van der Waals surface area contributed by atoms with Crippen molar-refractivity contribution in [3.05, 3.63) is 71.9 Å². The second-order valence-corrected chi connectivity index (χ2v) is 8.40. The lowest BCUT2D eigenvalue weighted by molar-refractivity contribution is -0.137. The van der Waals surface area contributed by atoms with E-state index in [1.165, 1.54) is 0 Å². The van der Waals surface area contributed by atoms with E-state index in [2.05, 4.69) is 5.10 Å². The number of piperidine rings is 1. The Hall–Kier alpha value is -3.65. The van der Waals surface area contributed by atoms with Crippen LogP contribution in [0.1, 0.15) is 41.9 Å². The zero-order chi connectivity index (χ0) is 24.6.